The van der Waals surface area contributed by atoms with Crippen LogP contribution in [0.2, 0.25) is 0 Å². The molecule has 1 rings (SSSR count). The first-order valence-electron chi connectivity index (χ1n) is 6.04. The molecule has 94 valence electrons. The topological polar surface area (TPSA) is 40.5 Å². The average Bonchev–Trinajstić information content (AvgIpc) is 2.28. The maximum Gasteiger partial charge on any atom is 0.326 e. The van der Waals surface area contributed by atoms with Crippen molar-refractivity contribution < 1.29 is 9.90 Å². The SMILES string of the molecule is CCCN(c1cc(C)ccc1C)[C@@H](C)C(=O)O. The summed E-state index contributed by atoms with van der Waals surface area (Å²) in [6.45, 7) is 8.61. The Morgan fingerprint density at radius 1 is 1.41 bits per heavy atom. The molecule has 1 N–H and O–H groups in total. The fraction of sp³-hybridized carbons (Fsp3) is 0.500. The number of aliphatic carboxylic acids is 1. The van der Waals surface area contributed by atoms with E-state index in [1.54, 1.807) is 6.92 Å². The smallest absolute Gasteiger partial charge is 0.326 e. The van der Waals surface area contributed by atoms with E-state index in [-0.39, 0.29) is 0 Å². The molecule has 1 aromatic carbocycles. The minimum absolute atomic E-state index is 0.490. The third-order valence-corrected chi connectivity index (χ3v) is 2.96. The van der Waals surface area contributed by atoms with Gasteiger partial charge in [-0.25, -0.2) is 4.79 Å². The van der Waals surface area contributed by atoms with Gasteiger partial charge in [-0.1, -0.05) is 19.1 Å². The molecule has 0 spiro atoms. The van der Waals surface area contributed by atoms with E-state index in [1.165, 1.54) is 0 Å². The number of rotatable bonds is 5. The first-order chi connectivity index (χ1) is 7.97. The third kappa shape index (κ3) is 3.22. The molecule has 0 radical (unpaired) electrons. The summed E-state index contributed by atoms with van der Waals surface area (Å²) in [6, 6.07) is 5.66. The van der Waals surface area contributed by atoms with Crippen LogP contribution in [0.5, 0.6) is 0 Å². The summed E-state index contributed by atoms with van der Waals surface area (Å²) >= 11 is 0. The second kappa shape index (κ2) is 5.71. The normalized spacial score (nSPS) is 12.2. The van der Waals surface area contributed by atoms with Crippen molar-refractivity contribution in [3.8, 4) is 0 Å². The van der Waals surface area contributed by atoms with Gasteiger partial charge in [0.1, 0.15) is 6.04 Å². The summed E-state index contributed by atoms with van der Waals surface area (Å²) in [5.74, 6) is -0.778. The van der Waals surface area contributed by atoms with Gasteiger partial charge in [-0.05, 0) is 44.4 Å². The highest BCUT2D eigenvalue weighted by atomic mass is 16.4. The zero-order chi connectivity index (χ0) is 13.0. The van der Waals surface area contributed by atoms with Gasteiger partial charge in [0.05, 0.1) is 0 Å². The van der Waals surface area contributed by atoms with Crippen LogP contribution in [0.15, 0.2) is 18.2 Å². The Kier molecular flexibility index (Phi) is 4.55. The number of carboxylic acids is 1. The van der Waals surface area contributed by atoms with Crippen molar-refractivity contribution in [2.24, 2.45) is 0 Å². The molecule has 0 saturated carbocycles. The summed E-state index contributed by atoms with van der Waals surface area (Å²) in [5.41, 5.74) is 3.31. The van der Waals surface area contributed by atoms with E-state index in [0.717, 1.165) is 29.8 Å². The van der Waals surface area contributed by atoms with Crippen LogP contribution in [0, 0.1) is 13.8 Å². The van der Waals surface area contributed by atoms with Crippen LogP contribution >= 0.6 is 0 Å². The molecule has 0 aliphatic carbocycles. The molecule has 17 heavy (non-hydrogen) atoms. The van der Waals surface area contributed by atoms with E-state index in [9.17, 15) is 4.79 Å². The number of hydrogen-bond donors (Lipinski definition) is 1. The Bertz CT molecular complexity index is 401. The molecule has 0 aromatic heterocycles. The van der Waals surface area contributed by atoms with Crippen LogP contribution in [0.3, 0.4) is 0 Å². The quantitative estimate of drug-likeness (QED) is 0.853. The molecule has 0 amide bonds. The van der Waals surface area contributed by atoms with Gasteiger partial charge in [-0.15, -0.1) is 0 Å². The second-order valence-corrected chi connectivity index (χ2v) is 4.50. The van der Waals surface area contributed by atoms with Crippen molar-refractivity contribution in [1.82, 2.24) is 0 Å². The van der Waals surface area contributed by atoms with Crippen molar-refractivity contribution in [2.45, 2.75) is 40.2 Å². The fourth-order valence-corrected chi connectivity index (χ4v) is 1.93. The number of carbonyl (C=O) groups is 1. The van der Waals surface area contributed by atoms with Gasteiger partial charge < -0.3 is 10.0 Å². The highest BCUT2D eigenvalue weighted by Gasteiger charge is 2.21. The number of hydrogen-bond acceptors (Lipinski definition) is 2. The Balaban J connectivity index is 3.12. The van der Waals surface area contributed by atoms with E-state index >= 15 is 0 Å². The number of benzene rings is 1. The minimum atomic E-state index is -0.778. The van der Waals surface area contributed by atoms with Crippen molar-refractivity contribution >= 4 is 11.7 Å². The van der Waals surface area contributed by atoms with Gasteiger partial charge >= 0.3 is 5.97 Å². The minimum Gasteiger partial charge on any atom is -0.480 e. The van der Waals surface area contributed by atoms with Crippen molar-refractivity contribution in [2.75, 3.05) is 11.4 Å². The van der Waals surface area contributed by atoms with Crippen LogP contribution < -0.4 is 4.90 Å². The Morgan fingerprint density at radius 2 is 2.06 bits per heavy atom. The zero-order valence-electron chi connectivity index (χ0n) is 11.0. The summed E-state index contributed by atoms with van der Waals surface area (Å²) in [4.78, 5) is 13.1. The molecule has 0 aliphatic rings. The fourth-order valence-electron chi connectivity index (χ4n) is 1.93. The molecule has 0 unspecified atom stereocenters. The molecule has 1 aromatic rings. The molecule has 3 nitrogen and oxygen atoms in total. The van der Waals surface area contributed by atoms with E-state index in [2.05, 4.69) is 13.0 Å². The second-order valence-electron chi connectivity index (χ2n) is 4.50. The number of aryl methyl sites for hydroxylation is 2. The first kappa shape index (κ1) is 13.6. The van der Waals surface area contributed by atoms with Crippen molar-refractivity contribution in [3.63, 3.8) is 0 Å². The van der Waals surface area contributed by atoms with Crippen LogP contribution in [-0.2, 0) is 4.79 Å². The highest BCUT2D eigenvalue weighted by molar-refractivity contribution is 5.78. The van der Waals surface area contributed by atoms with Crippen molar-refractivity contribution in [3.05, 3.63) is 29.3 Å². The molecule has 0 fully saturated rings. The third-order valence-electron chi connectivity index (χ3n) is 2.96. The maximum absolute atomic E-state index is 11.1. The average molecular weight is 235 g/mol. The predicted molar refractivity (Wildman–Crippen MR) is 70.7 cm³/mol. The van der Waals surface area contributed by atoms with Gasteiger partial charge in [-0.2, -0.15) is 0 Å². The van der Waals surface area contributed by atoms with E-state index in [0.29, 0.717) is 0 Å². The Hall–Kier alpha value is -1.51. The van der Waals surface area contributed by atoms with E-state index in [4.69, 9.17) is 5.11 Å². The molecule has 3 heteroatoms. The predicted octanol–water partition coefficient (Wildman–Crippen LogP) is 2.99. The lowest BCUT2D eigenvalue weighted by Crippen LogP contribution is -2.40. The van der Waals surface area contributed by atoms with Gasteiger partial charge in [0.2, 0.25) is 0 Å². The molecular weight excluding hydrogens is 214 g/mol. The Labute approximate surface area is 103 Å². The van der Waals surface area contributed by atoms with E-state index < -0.39 is 12.0 Å². The summed E-state index contributed by atoms with van der Waals surface area (Å²) in [5, 5.41) is 9.16. The van der Waals surface area contributed by atoms with Gasteiger partial charge in [0, 0.05) is 12.2 Å². The first-order valence-corrected chi connectivity index (χ1v) is 6.04. The van der Waals surface area contributed by atoms with Gasteiger partial charge in [0.25, 0.3) is 0 Å². The summed E-state index contributed by atoms with van der Waals surface area (Å²) in [7, 11) is 0. The molecule has 0 saturated heterocycles. The summed E-state index contributed by atoms with van der Waals surface area (Å²) in [6.07, 6.45) is 0.936. The van der Waals surface area contributed by atoms with Crippen molar-refractivity contribution in [1.29, 1.82) is 0 Å². The molecular formula is C14H21NO2. The molecule has 0 aliphatic heterocycles. The zero-order valence-corrected chi connectivity index (χ0v) is 11.0. The Morgan fingerprint density at radius 3 is 2.59 bits per heavy atom. The van der Waals surface area contributed by atoms with Crippen LogP contribution in [0.1, 0.15) is 31.4 Å². The van der Waals surface area contributed by atoms with E-state index in [1.807, 2.05) is 30.9 Å². The van der Waals surface area contributed by atoms with Gasteiger partial charge in [0.15, 0.2) is 0 Å². The summed E-state index contributed by atoms with van der Waals surface area (Å²) < 4.78 is 0. The van der Waals surface area contributed by atoms with Crippen LogP contribution in [0.4, 0.5) is 5.69 Å². The lowest BCUT2D eigenvalue weighted by Gasteiger charge is -2.30. The number of anilines is 1. The largest absolute Gasteiger partial charge is 0.480 e. The maximum atomic E-state index is 11.1. The highest BCUT2D eigenvalue weighted by Crippen LogP contribution is 2.23. The molecule has 0 bridgehead atoms. The van der Waals surface area contributed by atoms with Crippen LogP contribution in [-0.4, -0.2) is 23.7 Å². The lowest BCUT2D eigenvalue weighted by molar-refractivity contribution is -0.138. The number of nitrogens with zero attached hydrogens (tertiary/aromatic N) is 1. The van der Waals surface area contributed by atoms with Gasteiger partial charge in [-0.3, -0.25) is 0 Å². The standard InChI is InChI=1S/C14H21NO2/c1-5-8-15(12(4)14(16)17)13-9-10(2)6-7-11(13)3/h6-7,9,12H,5,8H2,1-4H3,(H,16,17)/t12-/m0/s1. The number of carboxylic acid groups (broad SMARTS) is 1. The molecule has 0 heterocycles. The monoisotopic (exact) mass is 235 g/mol. The van der Waals surface area contributed by atoms with Crippen LogP contribution in [0.25, 0.3) is 0 Å². The molecule has 1 atom stereocenters. The lowest BCUT2D eigenvalue weighted by atomic mass is 10.1.